The molecule has 2 amide bonds. The van der Waals surface area contributed by atoms with Crippen molar-refractivity contribution < 1.29 is 14.3 Å². The van der Waals surface area contributed by atoms with Gasteiger partial charge in [0, 0.05) is 18.6 Å². The van der Waals surface area contributed by atoms with E-state index in [1.165, 1.54) is 0 Å². The molecule has 0 saturated carbocycles. The summed E-state index contributed by atoms with van der Waals surface area (Å²) >= 11 is 5.95. The van der Waals surface area contributed by atoms with Gasteiger partial charge >= 0.3 is 0 Å². The lowest BCUT2D eigenvalue weighted by Gasteiger charge is -2.30. The maximum atomic E-state index is 13.0. The van der Waals surface area contributed by atoms with Gasteiger partial charge in [-0.05, 0) is 49.6 Å². The topological polar surface area (TPSA) is 58.6 Å². The van der Waals surface area contributed by atoms with Crippen molar-refractivity contribution in [2.45, 2.75) is 39.8 Å². The molecule has 5 nitrogen and oxygen atoms in total. The highest BCUT2D eigenvalue weighted by Crippen LogP contribution is 2.20. The van der Waals surface area contributed by atoms with Crippen molar-refractivity contribution in [3.8, 4) is 5.75 Å². The SMILES string of the molecule is CCC(C(=O)NC)N(Cc1ccc(Cl)cc1)C(=O)COc1ccc(C)cc1C. The predicted molar refractivity (Wildman–Crippen MR) is 112 cm³/mol. The molecule has 0 saturated heterocycles. The molecule has 0 heterocycles. The van der Waals surface area contributed by atoms with E-state index in [0.29, 0.717) is 23.7 Å². The van der Waals surface area contributed by atoms with Crippen molar-refractivity contribution in [3.05, 3.63) is 64.2 Å². The molecule has 0 aromatic heterocycles. The lowest BCUT2D eigenvalue weighted by molar-refractivity contribution is -0.142. The molecular weight excluding hydrogens is 376 g/mol. The zero-order valence-electron chi connectivity index (χ0n) is 16.8. The summed E-state index contributed by atoms with van der Waals surface area (Å²) in [7, 11) is 1.57. The van der Waals surface area contributed by atoms with Crippen LogP contribution in [-0.4, -0.2) is 36.4 Å². The highest BCUT2D eigenvalue weighted by Gasteiger charge is 2.28. The van der Waals surface area contributed by atoms with Crippen LogP contribution in [0.3, 0.4) is 0 Å². The number of ether oxygens (including phenoxy) is 1. The van der Waals surface area contributed by atoms with Crippen LogP contribution in [0.4, 0.5) is 0 Å². The second-order valence-corrected chi connectivity index (χ2v) is 7.18. The van der Waals surface area contributed by atoms with E-state index in [0.717, 1.165) is 16.7 Å². The summed E-state index contributed by atoms with van der Waals surface area (Å²) in [5.41, 5.74) is 2.99. The van der Waals surface area contributed by atoms with Crippen LogP contribution in [0.2, 0.25) is 5.02 Å². The Morgan fingerprint density at radius 3 is 2.39 bits per heavy atom. The van der Waals surface area contributed by atoms with Crippen LogP contribution in [0, 0.1) is 13.8 Å². The van der Waals surface area contributed by atoms with Gasteiger partial charge in [0.05, 0.1) is 0 Å². The van der Waals surface area contributed by atoms with Gasteiger partial charge in [-0.25, -0.2) is 0 Å². The average molecular weight is 403 g/mol. The lowest BCUT2D eigenvalue weighted by Crippen LogP contribution is -2.49. The standard InChI is InChI=1S/C22H27ClN2O3/c1-5-19(22(27)24-4)25(13-17-7-9-18(23)10-8-17)21(26)14-28-20-11-6-15(2)12-16(20)3/h6-12,19H,5,13-14H2,1-4H3,(H,24,27). The first-order chi connectivity index (χ1) is 13.3. The summed E-state index contributed by atoms with van der Waals surface area (Å²) in [6.07, 6.45) is 0.503. The molecule has 2 aromatic carbocycles. The molecule has 1 atom stereocenters. The van der Waals surface area contributed by atoms with Crippen molar-refractivity contribution in [2.75, 3.05) is 13.7 Å². The minimum Gasteiger partial charge on any atom is -0.483 e. The molecule has 28 heavy (non-hydrogen) atoms. The quantitative estimate of drug-likeness (QED) is 0.728. The second kappa shape index (κ2) is 10.1. The molecule has 6 heteroatoms. The Labute approximate surface area is 171 Å². The van der Waals surface area contributed by atoms with Crippen LogP contribution >= 0.6 is 11.6 Å². The Hall–Kier alpha value is -2.53. The van der Waals surface area contributed by atoms with Crippen LogP contribution in [0.15, 0.2) is 42.5 Å². The van der Waals surface area contributed by atoms with Crippen LogP contribution in [-0.2, 0) is 16.1 Å². The van der Waals surface area contributed by atoms with E-state index in [1.54, 1.807) is 24.1 Å². The Morgan fingerprint density at radius 1 is 1.14 bits per heavy atom. The number of benzene rings is 2. The van der Waals surface area contributed by atoms with Gasteiger partial charge in [0.25, 0.3) is 5.91 Å². The maximum absolute atomic E-state index is 13.0. The third-order valence-corrected chi connectivity index (χ3v) is 4.83. The highest BCUT2D eigenvalue weighted by molar-refractivity contribution is 6.30. The van der Waals surface area contributed by atoms with Gasteiger partial charge in [-0.15, -0.1) is 0 Å². The van der Waals surface area contributed by atoms with E-state index >= 15 is 0 Å². The fraction of sp³-hybridized carbons (Fsp3) is 0.364. The molecule has 0 aliphatic carbocycles. The molecule has 150 valence electrons. The fourth-order valence-corrected chi connectivity index (χ4v) is 3.18. The van der Waals surface area contributed by atoms with E-state index in [1.807, 2.05) is 51.1 Å². The number of nitrogens with zero attached hydrogens (tertiary/aromatic N) is 1. The molecule has 0 bridgehead atoms. The number of rotatable bonds is 8. The predicted octanol–water partition coefficient (Wildman–Crippen LogP) is 3.89. The van der Waals surface area contributed by atoms with E-state index in [-0.39, 0.29) is 18.4 Å². The van der Waals surface area contributed by atoms with Gasteiger partial charge < -0.3 is 15.0 Å². The zero-order chi connectivity index (χ0) is 20.7. The molecule has 0 aliphatic heterocycles. The number of aryl methyl sites for hydroxylation is 2. The first-order valence-electron chi connectivity index (χ1n) is 9.31. The monoisotopic (exact) mass is 402 g/mol. The minimum absolute atomic E-state index is 0.134. The third-order valence-electron chi connectivity index (χ3n) is 4.58. The van der Waals surface area contributed by atoms with Crippen LogP contribution < -0.4 is 10.1 Å². The Kier molecular flexibility index (Phi) is 7.88. The van der Waals surface area contributed by atoms with Gasteiger partial charge in [-0.3, -0.25) is 9.59 Å². The molecule has 2 aromatic rings. The Balaban J connectivity index is 2.19. The second-order valence-electron chi connectivity index (χ2n) is 6.74. The zero-order valence-corrected chi connectivity index (χ0v) is 17.5. The highest BCUT2D eigenvalue weighted by atomic mass is 35.5. The van der Waals surface area contributed by atoms with Crippen LogP contribution in [0.1, 0.15) is 30.0 Å². The molecule has 0 fully saturated rings. The van der Waals surface area contributed by atoms with E-state index in [2.05, 4.69) is 5.32 Å². The van der Waals surface area contributed by atoms with Crippen molar-refractivity contribution in [3.63, 3.8) is 0 Å². The lowest BCUT2D eigenvalue weighted by atomic mass is 10.1. The molecule has 0 radical (unpaired) electrons. The van der Waals surface area contributed by atoms with Crippen molar-refractivity contribution in [2.24, 2.45) is 0 Å². The third kappa shape index (κ3) is 5.73. The molecule has 1 unspecified atom stereocenters. The normalized spacial score (nSPS) is 11.6. The number of halogens is 1. The van der Waals surface area contributed by atoms with Gasteiger partial charge in [-0.2, -0.15) is 0 Å². The minimum atomic E-state index is -0.573. The van der Waals surface area contributed by atoms with Gasteiger partial charge in [0.1, 0.15) is 11.8 Å². The molecule has 2 rings (SSSR count). The average Bonchev–Trinajstić information content (AvgIpc) is 2.68. The molecule has 1 N–H and O–H groups in total. The fourth-order valence-electron chi connectivity index (χ4n) is 3.06. The number of hydrogen-bond acceptors (Lipinski definition) is 3. The van der Waals surface area contributed by atoms with Crippen molar-refractivity contribution in [1.29, 1.82) is 0 Å². The Bertz CT molecular complexity index is 821. The molecule has 0 aliphatic rings. The number of likely N-dealkylation sites (N-methyl/N-ethyl adjacent to an activating group) is 1. The van der Waals surface area contributed by atoms with Gasteiger partial charge in [-0.1, -0.05) is 48.4 Å². The van der Waals surface area contributed by atoms with Gasteiger partial charge in [0.15, 0.2) is 6.61 Å². The Morgan fingerprint density at radius 2 is 1.82 bits per heavy atom. The summed E-state index contributed by atoms with van der Waals surface area (Å²) in [6.45, 7) is 6.00. The smallest absolute Gasteiger partial charge is 0.261 e. The molecular formula is C22H27ClN2O3. The summed E-state index contributed by atoms with van der Waals surface area (Å²) in [6, 6.07) is 12.5. The van der Waals surface area contributed by atoms with Crippen molar-refractivity contribution >= 4 is 23.4 Å². The largest absolute Gasteiger partial charge is 0.483 e. The number of carbonyl (C=O) groups is 2. The number of hydrogen-bond donors (Lipinski definition) is 1. The van der Waals surface area contributed by atoms with E-state index in [9.17, 15) is 9.59 Å². The molecule has 0 spiro atoms. The van der Waals surface area contributed by atoms with Crippen LogP contribution in [0.5, 0.6) is 5.75 Å². The van der Waals surface area contributed by atoms with Crippen molar-refractivity contribution in [1.82, 2.24) is 10.2 Å². The summed E-state index contributed by atoms with van der Waals surface area (Å²) in [4.78, 5) is 26.9. The number of carbonyl (C=O) groups excluding carboxylic acids is 2. The first-order valence-corrected chi connectivity index (χ1v) is 9.69. The van der Waals surface area contributed by atoms with Crippen LogP contribution in [0.25, 0.3) is 0 Å². The van der Waals surface area contributed by atoms with E-state index in [4.69, 9.17) is 16.3 Å². The van der Waals surface area contributed by atoms with Gasteiger partial charge in [0.2, 0.25) is 5.91 Å². The van der Waals surface area contributed by atoms with E-state index < -0.39 is 6.04 Å². The number of amides is 2. The maximum Gasteiger partial charge on any atom is 0.261 e. The summed E-state index contributed by atoms with van der Waals surface area (Å²) < 4.78 is 5.76. The summed E-state index contributed by atoms with van der Waals surface area (Å²) in [5, 5.41) is 3.26. The summed E-state index contributed by atoms with van der Waals surface area (Å²) in [5.74, 6) is 0.222. The number of nitrogens with one attached hydrogen (secondary N) is 1. The first kappa shape index (κ1) is 21.8.